The summed E-state index contributed by atoms with van der Waals surface area (Å²) in [7, 11) is 1.59. The number of amides is 1. The van der Waals surface area contributed by atoms with Crippen molar-refractivity contribution in [2.24, 2.45) is 0 Å². The summed E-state index contributed by atoms with van der Waals surface area (Å²) in [5.74, 6) is 1.45. The molecule has 1 N–H and O–H groups in total. The van der Waals surface area contributed by atoms with Crippen molar-refractivity contribution in [1.29, 1.82) is 5.26 Å². The average Bonchev–Trinajstić information content (AvgIpc) is 3.07. The summed E-state index contributed by atoms with van der Waals surface area (Å²) < 4.78 is 15.7. The Bertz CT molecular complexity index is 897. The Labute approximate surface area is 145 Å². The SMILES string of the molecule is COc1ccc(/C=C(\C#N)C(=O)Nc2ccc3c(c2)OCO3)cc1C. The van der Waals surface area contributed by atoms with Gasteiger partial charge >= 0.3 is 0 Å². The zero-order chi connectivity index (χ0) is 17.8. The largest absolute Gasteiger partial charge is 0.496 e. The number of ether oxygens (including phenoxy) is 3. The molecule has 6 heteroatoms. The van der Waals surface area contributed by atoms with Gasteiger partial charge in [-0.2, -0.15) is 5.26 Å². The zero-order valence-corrected chi connectivity index (χ0v) is 13.8. The molecule has 6 nitrogen and oxygen atoms in total. The first kappa shape index (κ1) is 16.4. The molecule has 0 saturated heterocycles. The molecule has 1 heterocycles. The first-order valence-corrected chi connectivity index (χ1v) is 7.58. The van der Waals surface area contributed by atoms with Crippen LogP contribution in [0.25, 0.3) is 6.08 Å². The van der Waals surface area contributed by atoms with Gasteiger partial charge in [-0.1, -0.05) is 6.07 Å². The van der Waals surface area contributed by atoms with Crippen LogP contribution in [-0.2, 0) is 4.79 Å². The van der Waals surface area contributed by atoms with Gasteiger partial charge in [0.2, 0.25) is 6.79 Å². The van der Waals surface area contributed by atoms with Gasteiger partial charge in [0.25, 0.3) is 5.91 Å². The summed E-state index contributed by atoms with van der Waals surface area (Å²) in [5, 5.41) is 12.0. The van der Waals surface area contributed by atoms with Crippen LogP contribution < -0.4 is 19.5 Å². The molecule has 2 aromatic rings. The molecule has 0 bridgehead atoms. The smallest absolute Gasteiger partial charge is 0.266 e. The van der Waals surface area contributed by atoms with Crippen molar-refractivity contribution in [1.82, 2.24) is 0 Å². The fourth-order valence-electron chi connectivity index (χ4n) is 2.48. The van der Waals surface area contributed by atoms with Crippen LogP contribution in [0.1, 0.15) is 11.1 Å². The van der Waals surface area contributed by atoms with Gasteiger partial charge in [0.15, 0.2) is 11.5 Å². The van der Waals surface area contributed by atoms with Crippen LogP contribution in [0.15, 0.2) is 42.0 Å². The van der Waals surface area contributed by atoms with E-state index in [1.807, 2.05) is 19.1 Å². The Morgan fingerprint density at radius 3 is 2.76 bits per heavy atom. The number of hydrogen-bond acceptors (Lipinski definition) is 5. The molecule has 2 aromatic carbocycles. The fraction of sp³-hybridized carbons (Fsp3) is 0.158. The Morgan fingerprint density at radius 1 is 1.24 bits per heavy atom. The number of carbonyl (C=O) groups excluding carboxylic acids is 1. The lowest BCUT2D eigenvalue weighted by atomic mass is 10.1. The number of benzene rings is 2. The quantitative estimate of drug-likeness (QED) is 0.684. The van der Waals surface area contributed by atoms with Crippen LogP contribution in [0.2, 0.25) is 0 Å². The maximum atomic E-state index is 12.4. The van der Waals surface area contributed by atoms with Gasteiger partial charge in [0.1, 0.15) is 17.4 Å². The van der Waals surface area contributed by atoms with Gasteiger partial charge in [0, 0.05) is 11.8 Å². The summed E-state index contributed by atoms with van der Waals surface area (Å²) >= 11 is 0. The van der Waals surface area contributed by atoms with Crippen molar-refractivity contribution < 1.29 is 19.0 Å². The molecule has 0 saturated carbocycles. The molecule has 0 aliphatic carbocycles. The number of methoxy groups -OCH3 is 1. The number of nitrogens with one attached hydrogen (secondary N) is 1. The fourth-order valence-corrected chi connectivity index (χ4v) is 2.48. The minimum atomic E-state index is -0.491. The third-order valence-electron chi connectivity index (χ3n) is 3.73. The van der Waals surface area contributed by atoms with Crippen molar-refractivity contribution in [3.8, 4) is 23.3 Å². The van der Waals surface area contributed by atoms with Gasteiger partial charge in [0.05, 0.1) is 7.11 Å². The van der Waals surface area contributed by atoms with Crippen molar-refractivity contribution in [3.05, 3.63) is 53.1 Å². The zero-order valence-electron chi connectivity index (χ0n) is 13.8. The number of aryl methyl sites for hydroxylation is 1. The number of carbonyl (C=O) groups is 1. The second-order valence-corrected chi connectivity index (χ2v) is 5.42. The molecule has 0 atom stereocenters. The number of rotatable bonds is 4. The molecule has 0 unspecified atom stereocenters. The van der Waals surface area contributed by atoms with Gasteiger partial charge < -0.3 is 19.5 Å². The number of anilines is 1. The highest BCUT2D eigenvalue weighted by Gasteiger charge is 2.15. The molecule has 3 rings (SSSR count). The molecular formula is C19H16N2O4. The number of nitriles is 1. The highest BCUT2D eigenvalue weighted by molar-refractivity contribution is 6.09. The summed E-state index contributed by atoms with van der Waals surface area (Å²) in [4.78, 5) is 12.4. The first-order valence-electron chi connectivity index (χ1n) is 7.58. The molecule has 0 spiro atoms. The van der Waals surface area contributed by atoms with E-state index in [0.29, 0.717) is 17.2 Å². The standard InChI is InChI=1S/C19H16N2O4/c1-12-7-13(3-5-16(12)23-2)8-14(10-20)19(22)21-15-4-6-17-18(9-15)25-11-24-17/h3-9H,11H2,1-2H3,(H,21,22)/b14-8+. The predicted octanol–water partition coefficient (Wildman–Crippen LogP) is 3.28. The van der Waals surface area contributed by atoms with Gasteiger partial charge in [-0.15, -0.1) is 0 Å². The highest BCUT2D eigenvalue weighted by atomic mass is 16.7. The summed E-state index contributed by atoms with van der Waals surface area (Å²) in [6.07, 6.45) is 1.54. The van der Waals surface area contributed by atoms with E-state index in [9.17, 15) is 10.1 Å². The van der Waals surface area contributed by atoms with Gasteiger partial charge in [-0.05, 0) is 48.4 Å². The van der Waals surface area contributed by atoms with Crippen LogP contribution in [0, 0.1) is 18.3 Å². The van der Waals surface area contributed by atoms with E-state index >= 15 is 0 Å². The maximum absolute atomic E-state index is 12.4. The van der Waals surface area contributed by atoms with Crippen LogP contribution in [0.4, 0.5) is 5.69 Å². The minimum Gasteiger partial charge on any atom is -0.496 e. The topological polar surface area (TPSA) is 80.6 Å². The Balaban J connectivity index is 1.79. The molecule has 0 radical (unpaired) electrons. The Kier molecular flexibility index (Phi) is 4.57. The maximum Gasteiger partial charge on any atom is 0.266 e. The van der Waals surface area contributed by atoms with Gasteiger partial charge in [-0.3, -0.25) is 4.79 Å². The number of nitrogens with zero attached hydrogens (tertiary/aromatic N) is 1. The number of hydrogen-bond donors (Lipinski definition) is 1. The molecule has 0 fully saturated rings. The lowest BCUT2D eigenvalue weighted by Crippen LogP contribution is -2.13. The van der Waals surface area contributed by atoms with Gasteiger partial charge in [-0.25, -0.2) is 0 Å². The normalized spacial score (nSPS) is 12.4. The van der Waals surface area contributed by atoms with E-state index in [2.05, 4.69) is 5.32 Å². The van der Waals surface area contributed by atoms with Crippen LogP contribution in [0.3, 0.4) is 0 Å². The van der Waals surface area contributed by atoms with E-state index in [-0.39, 0.29) is 12.4 Å². The molecule has 1 aliphatic rings. The lowest BCUT2D eigenvalue weighted by molar-refractivity contribution is -0.112. The van der Waals surface area contributed by atoms with E-state index in [4.69, 9.17) is 14.2 Å². The molecule has 126 valence electrons. The highest BCUT2D eigenvalue weighted by Crippen LogP contribution is 2.34. The molecular weight excluding hydrogens is 320 g/mol. The van der Waals surface area contributed by atoms with Crippen molar-refractivity contribution in [2.45, 2.75) is 6.92 Å². The average molecular weight is 336 g/mol. The predicted molar refractivity (Wildman–Crippen MR) is 92.5 cm³/mol. The van der Waals surface area contributed by atoms with Crippen molar-refractivity contribution >= 4 is 17.7 Å². The Hall–Kier alpha value is -3.46. The van der Waals surface area contributed by atoms with Crippen LogP contribution in [0.5, 0.6) is 17.2 Å². The molecule has 0 aromatic heterocycles. The minimum absolute atomic E-state index is 0.00207. The second-order valence-electron chi connectivity index (χ2n) is 5.42. The molecule has 25 heavy (non-hydrogen) atoms. The van der Waals surface area contributed by atoms with E-state index in [1.54, 1.807) is 37.4 Å². The monoisotopic (exact) mass is 336 g/mol. The van der Waals surface area contributed by atoms with E-state index < -0.39 is 5.91 Å². The third-order valence-corrected chi connectivity index (χ3v) is 3.73. The third kappa shape index (κ3) is 3.56. The molecule has 1 amide bonds. The van der Waals surface area contributed by atoms with Crippen LogP contribution in [-0.4, -0.2) is 19.8 Å². The van der Waals surface area contributed by atoms with Crippen LogP contribution >= 0.6 is 0 Å². The van der Waals surface area contributed by atoms with Crippen molar-refractivity contribution in [3.63, 3.8) is 0 Å². The molecule has 1 aliphatic heterocycles. The Morgan fingerprint density at radius 2 is 2.04 bits per heavy atom. The summed E-state index contributed by atoms with van der Waals surface area (Å²) in [5.41, 5.74) is 2.20. The first-order chi connectivity index (χ1) is 12.1. The van der Waals surface area contributed by atoms with E-state index in [0.717, 1.165) is 16.9 Å². The lowest BCUT2D eigenvalue weighted by Gasteiger charge is -2.07. The summed E-state index contributed by atoms with van der Waals surface area (Å²) in [6.45, 7) is 2.06. The second kappa shape index (κ2) is 6.97. The number of fused-ring (bicyclic) bond motifs is 1. The summed E-state index contributed by atoms with van der Waals surface area (Å²) in [6, 6.07) is 12.4. The van der Waals surface area contributed by atoms with E-state index in [1.165, 1.54) is 6.08 Å². The van der Waals surface area contributed by atoms with Crippen molar-refractivity contribution in [2.75, 3.05) is 19.2 Å².